The molecule has 0 aliphatic heterocycles. The van der Waals surface area contributed by atoms with Crippen LogP contribution >= 0.6 is 0 Å². The predicted molar refractivity (Wildman–Crippen MR) is 62.3 cm³/mol. The van der Waals surface area contributed by atoms with Gasteiger partial charge in [0.25, 0.3) is 0 Å². The molecule has 0 aromatic carbocycles. The van der Waals surface area contributed by atoms with Crippen molar-refractivity contribution in [1.29, 1.82) is 0 Å². The lowest BCUT2D eigenvalue weighted by molar-refractivity contribution is -0.142. The average molecular weight is 275 g/mol. The summed E-state index contributed by atoms with van der Waals surface area (Å²) in [6.45, 7) is -0.148. The molecule has 106 valence electrons. The first-order chi connectivity index (χ1) is 9.02. The van der Waals surface area contributed by atoms with Crippen LogP contribution in [0.5, 0.6) is 0 Å². The van der Waals surface area contributed by atoms with Crippen LogP contribution in [0.15, 0.2) is 6.20 Å². The molecule has 2 rings (SSSR count). The minimum Gasteiger partial charge on any atom is -0.354 e. The highest BCUT2D eigenvalue weighted by atomic mass is 19.4. The molecule has 1 fully saturated rings. The number of aromatic nitrogens is 2. The summed E-state index contributed by atoms with van der Waals surface area (Å²) in [6, 6.07) is 0.0415. The van der Waals surface area contributed by atoms with Crippen LogP contribution in [0.3, 0.4) is 0 Å². The topological polar surface area (TPSA) is 46.9 Å². The molecule has 19 heavy (non-hydrogen) atoms. The van der Waals surface area contributed by atoms with E-state index in [1.807, 2.05) is 0 Å². The van der Waals surface area contributed by atoms with Gasteiger partial charge in [-0.05, 0) is 12.8 Å². The maximum Gasteiger partial charge on any atom is 0.435 e. The lowest BCUT2D eigenvalue weighted by Gasteiger charge is -2.21. The number of rotatable bonds is 4. The maximum atomic E-state index is 12.9. The predicted octanol–water partition coefficient (Wildman–Crippen LogP) is 2.65. The monoisotopic (exact) mass is 275 g/mol. The van der Waals surface area contributed by atoms with Crippen molar-refractivity contribution in [2.45, 2.75) is 50.9 Å². The van der Waals surface area contributed by atoms with Crippen molar-refractivity contribution in [3.8, 4) is 0 Å². The van der Waals surface area contributed by atoms with Crippen molar-refractivity contribution in [2.24, 2.45) is 0 Å². The van der Waals surface area contributed by atoms with Gasteiger partial charge in [0.2, 0.25) is 6.41 Å². The standard InChI is InChI=1S/C12H16F3N3O/c13-12(14,15)11-9(6-16-8-19)7-18(17-11)10-4-2-1-3-5-10/h7-8,10H,1-6H2,(H,16,19). The summed E-state index contributed by atoms with van der Waals surface area (Å²) in [4.78, 5) is 10.2. The van der Waals surface area contributed by atoms with Crippen LogP contribution in [-0.2, 0) is 17.5 Å². The lowest BCUT2D eigenvalue weighted by atomic mass is 9.96. The van der Waals surface area contributed by atoms with Gasteiger partial charge >= 0.3 is 6.18 Å². The fourth-order valence-corrected chi connectivity index (χ4v) is 2.48. The summed E-state index contributed by atoms with van der Waals surface area (Å²) in [5, 5.41) is 5.95. The highest BCUT2D eigenvalue weighted by Gasteiger charge is 2.37. The Morgan fingerprint density at radius 1 is 1.37 bits per heavy atom. The number of amides is 1. The molecule has 0 atom stereocenters. The Labute approximate surface area is 109 Å². The van der Waals surface area contributed by atoms with Crippen LogP contribution < -0.4 is 5.32 Å². The van der Waals surface area contributed by atoms with Crippen molar-refractivity contribution in [1.82, 2.24) is 15.1 Å². The fraction of sp³-hybridized carbons (Fsp3) is 0.667. The minimum atomic E-state index is -4.49. The summed E-state index contributed by atoms with van der Waals surface area (Å²) >= 11 is 0. The Hall–Kier alpha value is -1.53. The summed E-state index contributed by atoms with van der Waals surface area (Å²) in [7, 11) is 0. The quantitative estimate of drug-likeness (QED) is 0.859. The molecule has 0 bridgehead atoms. The minimum absolute atomic E-state index is 0.0187. The van der Waals surface area contributed by atoms with Gasteiger partial charge in [-0.2, -0.15) is 18.3 Å². The molecular formula is C12H16F3N3O. The van der Waals surface area contributed by atoms with Gasteiger partial charge in [-0.15, -0.1) is 0 Å². The average Bonchev–Trinajstić information content (AvgIpc) is 2.81. The summed E-state index contributed by atoms with van der Waals surface area (Å²) in [5.41, 5.74) is -0.877. The second kappa shape index (κ2) is 5.63. The Bertz CT molecular complexity index is 436. The molecule has 0 radical (unpaired) electrons. The van der Waals surface area contributed by atoms with E-state index >= 15 is 0 Å². The zero-order valence-corrected chi connectivity index (χ0v) is 10.4. The number of nitrogens with zero attached hydrogens (tertiary/aromatic N) is 2. The molecule has 0 spiro atoms. The second-order valence-electron chi connectivity index (χ2n) is 4.77. The Morgan fingerprint density at radius 3 is 2.63 bits per heavy atom. The zero-order chi connectivity index (χ0) is 13.9. The van der Waals surface area contributed by atoms with Crippen molar-refractivity contribution < 1.29 is 18.0 Å². The van der Waals surface area contributed by atoms with E-state index < -0.39 is 11.9 Å². The van der Waals surface area contributed by atoms with E-state index in [0.717, 1.165) is 32.1 Å². The van der Waals surface area contributed by atoms with Gasteiger partial charge in [-0.25, -0.2) is 0 Å². The van der Waals surface area contributed by atoms with Crippen molar-refractivity contribution in [3.63, 3.8) is 0 Å². The molecular weight excluding hydrogens is 259 g/mol. The van der Waals surface area contributed by atoms with Gasteiger partial charge in [-0.1, -0.05) is 19.3 Å². The third-order valence-electron chi connectivity index (χ3n) is 3.40. The Kier molecular flexibility index (Phi) is 4.11. The Morgan fingerprint density at radius 2 is 2.05 bits per heavy atom. The van der Waals surface area contributed by atoms with Crippen molar-refractivity contribution >= 4 is 6.41 Å². The number of nitrogens with one attached hydrogen (secondary N) is 1. The van der Waals surface area contributed by atoms with Crippen LogP contribution in [0, 0.1) is 0 Å². The van der Waals surface area contributed by atoms with E-state index in [4.69, 9.17) is 0 Å². The molecule has 1 aromatic heterocycles. The molecule has 0 unspecified atom stereocenters. The van der Waals surface area contributed by atoms with E-state index in [2.05, 4.69) is 10.4 Å². The molecule has 1 aliphatic carbocycles. The zero-order valence-electron chi connectivity index (χ0n) is 10.4. The molecule has 1 aromatic rings. The fourth-order valence-electron chi connectivity index (χ4n) is 2.48. The first-order valence-electron chi connectivity index (χ1n) is 6.34. The largest absolute Gasteiger partial charge is 0.435 e. The molecule has 1 heterocycles. The summed E-state index contributed by atoms with van der Waals surface area (Å²) < 4.78 is 40.0. The number of alkyl halides is 3. The van der Waals surface area contributed by atoms with E-state index in [1.54, 1.807) is 0 Å². The van der Waals surface area contributed by atoms with Gasteiger partial charge < -0.3 is 5.32 Å². The van der Waals surface area contributed by atoms with Gasteiger partial charge in [0.1, 0.15) is 0 Å². The van der Waals surface area contributed by atoms with E-state index in [9.17, 15) is 18.0 Å². The van der Waals surface area contributed by atoms with E-state index in [-0.39, 0.29) is 18.2 Å². The molecule has 0 saturated heterocycles. The third-order valence-corrected chi connectivity index (χ3v) is 3.40. The van der Waals surface area contributed by atoms with Gasteiger partial charge in [0.05, 0.1) is 6.04 Å². The number of carbonyl (C=O) groups excluding carboxylic acids is 1. The van der Waals surface area contributed by atoms with Crippen LogP contribution in [0.25, 0.3) is 0 Å². The van der Waals surface area contributed by atoms with Gasteiger partial charge in [-0.3, -0.25) is 9.48 Å². The summed E-state index contributed by atoms with van der Waals surface area (Å²) in [6.07, 6.45) is 2.21. The third kappa shape index (κ3) is 3.27. The molecule has 1 aliphatic rings. The number of hydrogen-bond acceptors (Lipinski definition) is 2. The number of carbonyl (C=O) groups is 1. The van der Waals surface area contributed by atoms with Crippen molar-refractivity contribution in [2.75, 3.05) is 0 Å². The van der Waals surface area contributed by atoms with Gasteiger partial charge in [0.15, 0.2) is 5.69 Å². The normalized spacial score (nSPS) is 17.4. The van der Waals surface area contributed by atoms with Crippen molar-refractivity contribution in [3.05, 3.63) is 17.5 Å². The van der Waals surface area contributed by atoms with Crippen LogP contribution in [-0.4, -0.2) is 16.2 Å². The number of hydrogen-bond donors (Lipinski definition) is 1. The van der Waals surface area contributed by atoms with Gasteiger partial charge in [0, 0.05) is 18.3 Å². The van der Waals surface area contributed by atoms with Crippen LogP contribution in [0.4, 0.5) is 13.2 Å². The van der Waals surface area contributed by atoms with Crippen LogP contribution in [0.1, 0.15) is 49.4 Å². The molecule has 7 heteroatoms. The van der Waals surface area contributed by atoms with E-state index in [1.165, 1.54) is 10.9 Å². The summed E-state index contributed by atoms with van der Waals surface area (Å²) in [5.74, 6) is 0. The second-order valence-corrected chi connectivity index (χ2v) is 4.77. The lowest BCUT2D eigenvalue weighted by Crippen LogP contribution is -2.16. The first kappa shape index (κ1) is 13.9. The SMILES string of the molecule is O=CNCc1cn(C2CCCCC2)nc1C(F)(F)F. The molecule has 1 amide bonds. The highest BCUT2D eigenvalue weighted by molar-refractivity contribution is 5.46. The molecule has 4 nitrogen and oxygen atoms in total. The highest BCUT2D eigenvalue weighted by Crippen LogP contribution is 2.34. The van der Waals surface area contributed by atoms with E-state index in [0.29, 0.717) is 6.41 Å². The first-order valence-corrected chi connectivity index (χ1v) is 6.34. The molecule has 1 N–H and O–H groups in total. The Balaban J connectivity index is 2.25. The molecule has 1 saturated carbocycles. The smallest absolute Gasteiger partial charge is 0.354 e. The van der Waals surface area contributed by atoms with Crippen LogP contribution in [0.2, 0.25) is 0 Å². The number of halogens is 3. The maximum absolute atomic E-state index is 12.9.